The molecule has 1 aromatic carbocycles. The topological polar surface area (TPSA) is 85.4 Å². The third-order valence-electron chi connectivity index (χ3n) is 3.09. The van der Waals surface area contributed by atoms with Crippen LogP contribution in [0, 0.1) is 0 Å². The van der Waals surface area contributed by atoms with Gasteiger partial charge in [-0.25, -0.2) is 9.97 Å². The van der Waals surface area contributed by atoms with E-state index >= 15 is 0 Å². The fourth-order valence-electron chi connectivity index (χ4n) is 1.98. The van der Waals surface area contributed by atoms with Crippen LogP contribution in [0.2, 0.25) is 0 Å². The van der Waals surface area contributed by atoms with Gasteiger partial charge in [-0.3, -0.25) is 4.79 Å². The van der Waals surface area contributed by atoms with Crippen molar-refractivity contribution in [2.24, 2.45) is 0 Å². The fourth-order valence-corrected chi connectivity index (χ4v) is 1.98. The van der Waals surface area contributed by atoms with Crippen LogP contribution in [0.4, 0.5) is 5.95 Å². The van der Waals surface area contributed by atoms with Gasteiger partial charge >= 0.3 is 0 Å². The number of benzene rings is 1. The summed E-state index contributed by atoms with van der Waals surface area (Å²) in [6.45, 7) is 6.73. The molecule has 0 fully saturated rings. The molecule has 1 aromatic heterocycles. The fraction of sp³-hybridized carbons (Fsp3) is 0.389. The number of rotatable bonds is 7. The number of nitrogens with one attached hydrogen (secondary N) is 2. The summed E-state index contributed by atoms with van der Waals surface area (Å²) in [5.41, 5.74) is 0.132. The molecule has 2 rings (SSSR count). The van der Waals surface area contributed by atoms with Gasteiger partial charge in [-0.15, -0.1) is 0 Å². The maximum absolute atomic E-state index is 12.2. The van der Waals surface area contributed by atoms with Crippen LogP contribution in [0.5, 0.6) is 11.5 Å². The van der Waals surface area contributed by atoms with E-state index in [1.807, 2.05) is 45.0 Å². The summed E-state index contributed by atoms with van der Waals surface area (Å²) in [7, 11) is 1.61. The highest BCUT2D eigenvalue weighted by Gasteiger charge is 2.13. The first-order chi connectivity index (χ1) is 11.9. The van der Waals surface area contributed by atoms with E-state index in [0.717, 1.165) is 5.75 Å². The number of methoxy groups -OCH3 is 1. The summed E-state index contributed by atoms with van der Waals surface area (Å²) in [6.07, 6.45) is 1.56. The van der Waals surface area contributed by atoms with Gasteiger partial charge in [0.25, 0.3) is 5.91 Å². The highest BCUT2D eigenvalue weighted by atomic mass is 16.5. The van der Waals surface area contributed by atoms with Gasteiger partial charge in [0, 0.05) is 11.7 Å². The average molecular weight is 344 g/mol. The number of anilines is 1. The molecule has 0 radical (unpaired) electrons. The quantitative estimate of drug-likeness (QED) is 0.751. The monoisotopic (exact) mass is 344 g/mol. The van der Waals surface area contributed by atoms with Gasteiger partial charge in [0.05, 0.1) is 13.7 Å². The third kappa shape index (κ3) is 6.29. The van der Waals surface area contributed by atoms with E-state index in [-0.39, 0.29) is 11.4 Å². The van der Waals surface area contributed by atoms with E-state index in [1.54, 1.807) is 19.4 Å². The number of aromatic nitrogens is 2. The zero-order valence-corrected chi connectivity index (χ0v) is 15.0. The van der Waals surface area contributed by atoms with Crippen molar-refractivity contribution < 1.29 is 14.3 Å². The first kappa shape index (κ1) is 18.5. The average Bonchev–Trinajstić information content (AvgIpc) is 2.58. The van der Waals surface area contributed by atoms with Crippen LogP contribution >= 0.6 is 0 Å². The molecule has 0 aliphatic rings. The van der Waals surface area contributed by atoms with Crippen LogP contribution < -0.4 is 20.1 Å². The normalized spacial score (nSPS) is 10.9. The molecule has 7 heteroatoms. The van der Waals surface area contributed by atoms with Gasteiger partial charge in [0.15, 0.2) is 0 Å². The number of nitrogens with zero attached hydrogens (tertiary/aromatic N) is 2. The van der Waals surface area contributed by atoms with Crippen LogP contribution in [-0.2, 0) is 0 Å². The van der Waals surface area contributed by atoms with Crippen molar-refractivity contribution in [3.63, 3.8) is 0 Å². The lowest BCUT2D eigenvalue weighted by Gasteiger charge is -2.20. The molecule has 0 spiro atoms. The van der Waals surface area contributed by atoms with Crippen molar-refractivity contribution in [1.29, 1.82) is 0 Å². The molecular formula is C18H24N4O3. The Morgan fingerprint density at radius 1 is 1.12 bits per heavy atom. The van der Waals surface area contributed by atoms with Crippen molar-refractivity contribution in [2.45, 2.75) is 26.3 Å². The summed E-state index contributed by atoms with van der Waals surface area (Å²) >= 11 is 0. The van der Waals surface area contributed by atoms with Gasteiger partial charge in [0.1, 0.15) is 23.8 Å². The maximum atomic E-state index is 12.2. The van der Waals surface area contributed by atoms with E-state index in [9.17, 15) is 4.79 Å². The molecule has 0 aliphatic carbocycles. The summed E-state index contributed by atoms with van der Waals surface area (Å²) in [5, 5.41) is 5.91. The molecule has 1 amide bonds. The molecule has 134 valence electrons. The Hall–Kier alpha value is -2.83. The minimum atomic E-state index is -0.266. The SMILES string of the molecule is COc1ccc(OCCNC(=O)c2ccnc(NC(C)(C)C)n2)cc1. The van der Waals surface area contributed by atoms with Gasteiger partial charge in [-0.05, 0) is 51.1 Å². The molecule has 1 heterocycles. The molecule has 7 nitrogen and oxygen atoms in total. The molecular weight excluding hydrogens is 320 g/mol. The summed E-state index contributed by atoms with van der Waals surface area (Å²) < 4.78 is 10.7. The maximum Gasteiger partial charge on any atom is 0.270 e. The second-order valence-corrected chi connectivity index (χ2v) is 6.42. The van der Waals surface area contributed by atoms with E-state index in [4.69, 9.17) is 9.47 Å². The number of ether oxygens (including phenoxy) is 2. The standard InChI is InChI=1S/C18H24N4O3/c1-18(2,3)22-17-20-10-9-15(21-17)16(23)19-11-12-25-14-7-5-13(24-4)6-8-14/h5-10H,11-12H2,1-4H3,(H,19,23)(H,20,21,22). The number of amides is 1. The van der Waals surface area contributed by atoms with E-state index < -0.39 is 0 Å². The Bertz CT molecular complexity index is 696. The van der Waals surface area contributed by atoms with E-state index in [0.29, 0.717) is 30.5 Å². The smallest absolute Gasteiger partial charge is 0.270 e. The van der Waals surface area contributed by atoms with Gasteiger partial charge in [0.2, 0.25) is 5.95 Å². The van der Waals surface area contributed by atoms with E-state index in [2.05, 4.69) is 20.6 Å². The predicted octanol–water partition coefficient (Wildman–Crippen LogP) is 2.50. The predicted molar refractivity (Wildman–Crippen MR) is 96.2 cm³/mol. The van der Waals surface area contributed by atoms with Crippen molar-refractivity contribution in [2.75, 3.05) is 25.6 Å². The highest BCUT2D eigenvalue weighted by Crippen LogP contribution is 2.16. The number of carbonyl (C=O) groups excluding carboxylic acids is 1. The summed E-state index contributed by atoms with van der Waals surface area (Å²) in [6, 6.07) is 8.84. The Kier molecular flexibility index (Phi) is 6.16. The lowest BCUT2D eigenvalue weighted by molar-refractivity contribution is 0.0942. The molecule has 0 saturated carbocycles. The van der Waals surface area contributed by atoms with E-state index in [1.165, 1.54) is 0 Å². The number of carbonyl (C=O) groups is 1. The summed E-state index contributed by atoms with van der Waals surface area (Å²) in [5.74, 6) is 1.64. The minimum absolute atomic E-state index is 0.179. The Morgan fingerprint density at radius 3 is 2.44 bits per heavy atom. The molecule has 2 N–H and O–H groups in total. The van der Waals surface area contributed by atoms with Crippen molar-refractivity contribution in [3.8, 4) is 11.5 Å². The third-order valence-corrected chi connectivity index (χ3v) is 3.09. The zero-order valence-electron chi connectivity index (χ0n) is 15.0. The number of hydrogen-bond acceptors (Lipinski definition) is 6. The van der Waals surface area contributed by atoms with Gasteiger partial charge in [-0.1, -0.05) is 0 Å². The molecule has 0 bridgehead atoms. The van der Waals surface area contributed by atoms with Gasteiger partial charge in [-0.2, -0.15) is 0 Å². The molecule has 0 atom stereocenters. The van der Waals surface area contributed by atoms with Crippen LogP contribution in [0.25, 0.3) is 0 Å². The lowest BCUT2D eigenvalue weighted by atomic mass is 10.1. The van der Waals surface area contributed by atoms with Crippen molar-refractivity contribution in [3.05, 3.63) is 42.2 Å². The minimum Gasteiger partial charge on any atom is -0.497 e. The number of hydrogen-bond donors (Lipinski definition) is 2. The van der Waals surface area contributed by atoms with Crippen LogP contribution in [-0.4, -0.2) is 41.7 Å². The Morgan fingerprint density at radius 2 is 1.80 bits per heavy atom. The van der Waals surface area contributed by atoms with Crippen LogP contribution in [0.3, 0.4) is 0 Å². The second kappa shape index (κ2) is 8.32. The second-order valence-electron chi connectivity index (χ2n) is 6.42. The molecule has 0 saturated heterocycles. The lowest BCUT2D eigenvalue weighted by Crippen LogP contribution is -2.30. The largest absolute Gasteiger partial charge is 0.497 e. The summed E-state index contributed by atoms with van der Waals surface area (Å²) in [4.78, 5) is 20.5. The Balaban J connectivity index is 1.80. The first-order valence-corrected chi connectivity index (χ1v) is 8.04. The van der Waals surface area contributed by atoms with Crippen LogP contribution in [0.1, 0.15) is 31.3 Å². The van der Waals surface area contributed by atoms with Crippen LogP contribution in [0.15, 0.2) is 36.5 Å². The molecule has 0 unspecified atom stereocenters. The molecule has 2 aromatic rings. The molecule has 25 heavy (non-hydrogen) atoms. The van der Waals surface area contributed by atoms with Gasteiger partial charge < -0.3 is 20.1 Å². The van der Waals surface area contributed by atoms with Crippen molar-refractivity contribution in [1.82, 2.24) is 15.3 Å². The Labute approximate surface area is 147 Å². The first-order valence-electron chi connectivity index (χ1n) is 8.04. The van der Waals surface area contributed by atoms with Crippen molar-refractivity contribution >= 4 is 11.9 Å². The molecule has 0 aliphatic heterocycles. The zero-order chi connectivity index (χ0) is 18.3. The highest BCUT2D eigenvalue weighted by molar-refractivity contribution is 5.92.